The van der Waals surface area contributed by atoms with Crippen LogP contribution in [-0.2, 0) is 6.42 Å². The van der Waals surface area contributed by atoms with Crippen molar-refractivity contribution in [2.45, 2.75) is 26.7 Å². The van der Waals surface area contributed by atoms with Crippen LogP contribution < -0.4 is 4.74 Å². The Bertz CT molecular complexity index is 703. The molecule has 24 heavy (non-hydrogen) atoms. The smallest absolute Gasteiger partial charge is 0.119 e. The number of benzene rings is 2. The molecule has 2 rings (SSSR count). The number of aryl methyl sites for hydroxylation is 1. The summed E-state index contributed by atoms with van der Waals surface area (Å²) in [7, 11) is 0. The zero-order valence-electron chi connectivity index (χ0n) is 14.3. The topological polar surface area (TPSA) is 9.23 Å². The molecule has 0 atom stereocenters. The zero-order chi connectivity index (χ0) is 17.0. The maximum atomic E-state index is 5.40. The Morgan fingerprint density at radius 2 is 1.33 bits per heavy atom. The minimum atomic E-state index is 0.674. The third-order valence-electron chi connectivity index (χ3n) is 3.34. The van der Waals surface area contributed by atoms with Gasteiger partial charge in [0.15, 0.2) is 0 Å². The van der Waals surface area contributed by atoms with E-state index in [9.17, 15) is 0 Å². The predicted molar refractivity (Wildman–Crippen MR) is 101 cm³/mol. The molecule has 0 N–H and O–H groups in total. The van der Waals surface area contributed by atoms with Crippen LogP contribution in [0.2, 0.25) is 0 Å². The van der Waals surface area contributed by atoms with Crippen LogP contribution in [0, 0.1) is 23.7 Å². The van der Waals surface area contributed by atoms with Crippen LogP contribution in [0.3, 0.4) is 0 Å². The molecule has 0 aliphatic carbocycles. The Morgan fingerprint density at radius 3 is 1.83 bits per heavy atom. The first-order valence-electron chi connectivity index (χ1n) is 8.31. The van der Waals surface area contributed by atoms with Crippen LogP contribution in [0.1, 0.15) is 37.0 Å². The number of allylic oxidation sites excluding steroid dienone is 2. The quantitative estimate of drug-likeness (QED) is 0.722. The van der Waals surface area contributed by atoms with Gasteiger partial charge in [0.25, 0.3) is 0 Å². The normalized spacial score (nSPS) is 9.75. The summed E-state index contributed by atoms with van der Waals surface area (Å²) in [5, 5.41) is 0. The van der Waals surface area contributed by atoms with Gasteiger partial charge in [0.2, 0.25) is 0 Å². The van der Waals surface area contributed by atoms with Crippen molar-refractivity contribution in [2.75, 3.05) is 6.61 Å². The van der Waals surface area contributed by atoms with Crippen LogP contribution in [0.4, 0.5) is 0 Å². The predicted octanol–water partition coefficient (Wildman–Crippen LogP) is 5.00. The van der Waals surface area contributed by atoms with E-state index in [1.165, 1.54) is 12.0 Å². The van der Waals surface area contributed by atoms with E-state index in [-0.39, 0.29) is 0 Å². The average Bonchev–Trinajstić information content (AvgIpc) is 2.61. The molecule has 0 radical (unpaired) electrons. The summed E-state index contributed by atoms with van der Waals surface area (Å²) in [6.45, 7) is 4.83. The summed E-state index contributed by atoms with van der Waals surface area (Å²) in [6, 6.07) is 16.2. The van der Waals surface area contributed by atoms with Crippen molar-refractivity contribution in [3.05, 3.63) is 77.4 Å². The van der Waals surface area contributed by atoms with Crippen molar-refractivity contribution in [3.8, 4) is 29.4 Å². The molecule has 2 aromatic carbocycles. The van der Waals surface area contributed by atoms with Crippen molar-refractivity contribution in [2.24, 2.45) is 0 Å². The second-order valence-electron chi connectivity index (χ2n) is 5.28. The molecule has 1 heteroatoms. The highest BCUT2D eigenvalue weighted by molar-refractivity contribution is 5.42. The first-order chi connectivity index (χ1) is 11.8. The molecule has 0 aliphatic heterocycles. The number of hydrogen-bond acceptors (Lipinski definition) is 1. The number of ether oxygens (including phenoxy) is 1. The molecule has 0 unspecified atom stereocenters. The third kappa shape index (κ3) is 6.07. The zero-order valence-corrected chi connectivity index (χ0v) is 14.3. The molecule has 1 nitrogen and oxygen atoms in total. The van der Waals surface area contributed by atoms with Crippen LogP contribution in [0.5, 0.6) is 5.75 Å². The van der Waals surface area contributed by atoms with Crippen molar-refractivity contribution in [1.29, 1.82) is 0 Å². The van der Waals surface area contributed by atoms with Crippen LogP contribution in [0.15, 0.2) is 60.7 Å². The van der Waals surface area contributed by atoms with E-state index in [1.54, 1.807) is 12.2 Å². The van der Waals surface area contributed by atoms with E-state index in [4.69, 9.17) is 4.74 Å². The monoisotopic (exact) mass is 314 g/mol. The second-order valence-corrected chi connectivity index (χ2v) is 5.28. The van der Waals surface area contributed by atoms with Crippen LogP contribution in [-0.4, -0.2) is 6.61 Å². The van der Waals surface area contributed by atoms with Gasteiger partial charge in [-0.3, -0.25) is 0 Å². The molecular formula is C23H22O. The van der Waals surface area contributed by atoms with Gasteiger partial charge in [-0.25, -0.2) is 0 Å². The summed E-state index contributed by atoms with van der Waals surface area (Å²) in [5.41, 5.74) is 3.35. The van der Waals surface area contributed by atoms with Gasteiger partial charge in [0.1, 0.15) is 5.75 Å². The molecule has 0 spiro atoms. The SMILES string of the molecule is CCCc1ccc(C#CC=CC#Cc2ccc(OCC)cc2)cc1. The molecule has 0 aliphatic rings. The molecule has 0 saturated heterocycles. The van der Waals surface area contributed by atoms with Gasteiger partial charge in [0.05, 0.1) is 6.61 Å². The highest BCUT2D eigenvalue weighted by atomic mass is 16.5. The lowest BCUT2D eigenvalue weighted by atomic mass is 10.1. The molecular weight excluding hydrogens is 292 g/mol. The summed E-state index contributed by atoms with van der Waals surface area (Å²) < 4.78 is 5.40. The fourth-order valence-electron chi connectivity index (χ4n) is 2.18. The van der Waals surface area contributed by atoms with Gasteiger partial charge in [-0.15, -0.1) is 0 Å². The van der Waals surface area contributed by atoms with Crippen molar-refractivity contribution < 1.29 is 4.74 Å². The lowest BCUT2D eigenvalue weighted by molar-refractivity contribution is 0.340. The Balaban J connectivity index is 1.89. The molecule has 120 valence electrons. The van der Waals surface area contributed by atoms with Gasteiger partial charge in [-0.05, 0) is 67.5 Å². The largest absolute Gasteiger partial charge is 0.494 e. The molecule has 0 fully saturated rings. The average molecular weight is 314 g/mol. The molecule has 0 amide bonds. The summed E-state index contributed by atoms with van der Waals surface area (Å²) >= 11 is 0. The van der Waals surface area contributed by atoms with Crippen LogP contribution >= 0.6 is 0 Å². The third-order valence-corrected chi connectivity index (χ3v) is 3.34. The summed E-state index contributed by atoms with van der Waals surface area (Å²) in [4.78, 5) is 0. The fourth-order valence-corrected chi connectivity index (χ4v) is 2.18. The molecule has 0 heterocycles. The minimum absolute atomic E-state index is 0.674. The van der Waals surface area contributed by atoms with Crippen LogP contribution in [0.25, 0.3) is 0 Å². The Hall–Kier alpha value is -2.90. The van der Waals surface area contributed by atoms with Gasteiger partial charge in [0, 0.05) is 11.1 Å². The highest BCUT2D eigenvalue weighted by Crippen LogP contribution is 2.11. The van der Waals surface area contributed by atoms with E-state index in [0.717, 1.165) is 23.3 Å². The van der Waals surface area contributed by atoms with E-state index < -0.39 is 0 Å². The lowest BCUT2D eigenvalue weighted by Crippen LogP contribution is -1.90. The molecule has 2 aromatic rings. The Labute approximate surface area is 145 Å². The first kappa shape index (κ1) is 17.5. The Morgan fingerprint density at radius 1 is 0.792 bits per heavy atom. The minimum Gasteiger partial charge on any atom is -0.494 e. The lowest BCUT2D eigenvalue weighted by Gasteiger charge is -2.01. The van der Waals surface area contributed by atoms with Gasteiger partial charge >= 0.3 is 0 Å². The van der Waals surface area contributed by atoms with Gasteiger partial charge in [-0.2, -0.15) is 0 Å². The summed E-state index contributed by atoms with van der Waals surface area (Å²) in [5.74, 6) is 13.1. The van der Waals surface area contributed by atoms with Crippen molar-refractivity contribution in [3.63, 3.8) is 0 Å². The first-order valence-corrected chi connectivity index (χ1v) is 8.31. The summed E-state index contributed by atoms with van der Waals surface area (Å²) in [6.07, 6.45) is 5.84. The van der Waals surface area contributed by atoms with E-state index in [0.29, 0.717) is 6.61 Å². The maximum Gasteiger partial charge on any atom is 0.119 e. The fraction of sp³-hybridized carbons (Fsp3) is 0.217. The van der Waals surface area contributed by atoms with Crippen molar-refractivity contribution in [1.82, 2.24) is 0 Å². The highest BCUT2D eigenvalue weighted by Gasteiger charge is 1.91. The standard InChI is InChI=1S/C23H22O/c1-3-9-20-12-14-21(15-13-20)10-7-5-6-8-11-22-16-18-23(19-17-22)24-4-2/h5-6,12-19H,3-4,9H2,1-2H3. The van der Waals surface area contributed by atoms with Crippen molar-refractivity contribution >= 4 is 0 Å². The Kier molecular flexibility index (Phi) is 7.26. The van der Waals surface area contributed by atoms with Gasteiger partial charge in [-0.1, -0.05) is 49.2 Å². The van der Waals surface area contributed by atoms with E-state index in [2.05, 4.69) is 54.9 Å². The second kappa shape index (κ2) is 9.98. The van der Waals surface area contributed by atoms with Gasteiger partial charge < -0.3 is 4.74 Å². The number of rotatable bonds is 4. The molecule has 0 saturated carbocycles. The van der Waals surface area contributed by atoms with E-state index >= 15 is 0 Å². The van der Waals surface area contributed by atoms with E-state index in [1.807, 2.05) is 31.2 Å². The number of hydrogen-bond donors (Lipinski definition) is 0. The molecule has 0 aromatic heterocycles. The molecule has 0 bridgehead atoms. The maximum absolute atomic E-state index is 5.40.